The quantitative estimate of drug-likeness (QED) is 0.399. The van der Waals surface area contributed by atoms with Crippen LogP contribution in [0.5, 0.6) is 11.5 Å². The van der Waals surface area contributed by atoms with Gasteiger partial charge in [0, 0.05) is 4.47 Å². The van der Waals surface area contributed by atoms with Crippen molar-refractivity contribution in [2.24, 2.45) is 0 Å². The first-order valence-electron chi connectivity index (χ1n) is 9.19. The number of nitriles is 1. The molecule has 3 rings (SSSR count). The van der Waals surface area contributed by atoms with Gasteiger partial charge < -0.3 is 19.2 Å². The monoisotopic (exact) mass is 469 g/mol. The average Bonchev–Trinajstić information content (AvgIpc) is 3.14. The summed E-state index contributed by atoms with van der Waals surface area (Å²) in [5.74, 6) is 0.816. The van der Waals surface area contributed by atoms with Gasteiger partial charge in [-0.2, -0.15) is 5.26 Å². The SMILES string of the molecule is CCOC(=O)COc1cc(Br)c(/C=C(/C#N)c2nc3ccc(C)cc3[nH]2)cc1OC. The van der Waals surface area contributed by atoms with Crippen LogP contribution in [-0.2, 0) is 9.53 Å². The summed E-state index contributed by atoms with van der Waals surface area (Å²) in [5.41, 5.74) is 3.82. The van der Waals surface area contributed by atoms with E-state index in [1.165, 1.54) is 7.11 Å². The van der Waals surface area contributed by atoms with Gasteiger partial charge in [0.05, 0.1) is 30.3 Å². The average molecular weight is 470 g/mol. The number of esters is 1. The number of carbonyl (C=O) groups excluding carboxylic acids is 1. The zero-order chi connectivity index (χ0) is 21.7. The van der Waals surface area contributed by atoms with E-state index < -0.39 is 5.97 Å². The number of methoxy groups -OCH3 is 1. The molecule has 7 nitrogen and oxygen atoms in total. The van der Waals surface area contributed by atoms with E-state index in [0.29, 0.717) is 32.9 Å². The van der Waals surface area contributed by atoms with Gasteiger partial charge in [0.25, 0.3) is 0 Å². The second kappa shape index (κ2) is 9.46. The number of allylic oxidation sites excluding steroid dienone is 1. The summed E-state index contributed by atoms with van der Waals surface area (Å²) in [7, 11) is 1.50. The van der Waals surface area contributed by atoms with Gasteiger partial charge >= 0.3 is 5.97 Å². The molecule has 8 heteroatoms. The highest BCUT2D eigenvalue weighted by atomic mass is 79.9. The summed E-state index contributed by atoms with van der Waals surface area (Å²) < 4.78 is 16.4. The van der Waals surface area contributed by atoms with Crippen LogP contribution in [0.15, 0.2) is 34.8 Å². The predicted octanol–water partition coefficient (Wildman–Crippen LogP) is 4.65. The van der Waals surface area contributed by atoms with Crippen molar-refractivity contribution in [2.75, 3.05) is 20.3 Å². The van der Waals surface area contributed by atoms with Gasteiger partial charge in [-0.05, 0) is 55.3 Å². The smallest absolute Gasteiger partial charge is 0.344 e. The van der Waals surface area contributed by atoms with Crippen LogP contribution in [0.1, 0.15) is 23.9 Å². The van der Waals surface area contributed by atoms with Gasteiger partial charge in [0.15, 0.2) is 18.1 Å². The Morgan fingerprint density at radius 1 is 1.30 bits per heavy atom. The molecule has 2 aromatic carbocycles. The van der Waals surface area contributed by atoms with E-state index in [-0.39, 0.29) is 13.2 Å². The molecule has 0 aliphatic heterocycles. The number of fused-ring (bicyclic) bond motifs is 1. The standard InChI is InChI=1S/C22H20BrN3O4/c1-4-29-21(27)12-30-20-10-16(23)14(9-19(20)28-3)8-15(11-24)22-25-17-6-5-13(2)7-18(17)26-22/h5-10H,4,12H2,1-3H3,(H,25,26)/b15-8-. The van der Waals surface area contributed by atoms with Gasteiger partial charge in [-0.25, -0.2) is 9.78 Å². The van der Waals surface area contributed by atoms with Crippen LogP contribution in [0.2, 0.25) is 0 Å². The summed E-state index contributed by atoms with van der Waals surface area (Å²) >= 11 is 3.49. The topological polar surface area (TPSA) is 97.2 Å². The number of halogens is 1. The first-order chi connectivity index (χ1) is 14.4. The number of aryl methyl sites for hydroxylation is 1. The maximum atomic E-state index is 11.5. The summed E-state index contributed by atoms with van der Waals surface area (Å²) in [6.45, 7) is 3.78. The minimum absolute atomic E-state index is 0.228. The summed E-state index contributed by atoms with van der Waals surface area (Å²) in [4.78, 5) is 19.2. The number of hydrogen-bond donors (Lipinski definition) is 1. The second-order valence-corrected chi connectivity index (χ2v) is 7.25. The number of ether oxygens (including phenoxy) is 3. The Labute approximate surface area is 182 Å². The third-order valence-corrected chi connectivity index (χ3v) is 4.93. The molecule has 1 aromatic heterocycles. The zero-order valence-electron chi connectivity index (χ0n) is 16.8. The number of aromatic nitrogens is 2. The highest BCUT2D eigenvalue weighted by Crippen LogP contribution is 2.35. The van der Waals surface area contributed by atoms with Crippen LogP contribution in [0.25, 0.3) is 22.7 Å². The number of benzene rings is 2. The minimum Gasteiger partial charge on any atom is -0.493 e. The lowest BCUT2D eigenvalue weighted by Gasteiger charge is -2.12. The second-order valence-electron chi connectivity index (χ2n) is 6.39. The van der Waals surface area contributed by atoms with Crippen molar-refractivity contribution in [1.29, 1.82) is 5.26 Å². The van der Waals surface area contributed by atoms with Crippen LogP contribution in [0, 0.1) is 18.3 Å². The van der Waals surface area contributed by atoms with Gasteiger partial charge in [-0.1, -0.05) is 22.0 Å². The number of rotatable bonds is 7. The molecule has 3 aromatic rings. The van der Waals surface area contributed by atoms with Crippen molar-refractivity contribution in [2.45, 2.75) is 13.8 Å². The number of nitrogens with one attached hydrogen (secondary N) is 1. The molecular formula is C22H20BrN3O4. The largest absolute Gasteiger partial charge is 0.493 e. The maximum Gasteiger partial charge on any atom is 0.344 e. The maximum absolute atomic E-state index is 11.5. The summed E-state index contributed by atoms with van der Waals surface area (Å²) in [6.07, 6.45) is 1.70. The van der Waals surface area contributed by atoms with Crippen LogP contribution in [0.3, 0.4) is 0 Å². The number of nitrogens with zero attached hydrogens (tertiary/aromatic N) is 2. The minimum atomic E-state index is -0.466. The fourth-order valence-corrected chi connectivity index (χ4v) is 3.27. The lowest BCUT2D eigenvalue weighted by atomic mass is 10.1. The normalized spacial score (nSPS) is 11.2. The van der Waals surface area contributed by atoms with Crippen molar-refractivity contribution in [3.8, 4) is 17.6 Å². The van der Waals surface area contributed by atoms with E-state index >= 15 is 0 Å². The lowest BCUT2D eigenvalue weighted by molar-refractivity contribution is -0.145. The molecule has 0 unspecified atom stereocenters. The molecule has 0 aliphatic carbocycles. The van der Waals surface area contributed by atoms with Crippen molar-refractivity contribution >= 4 is 44.6 Å². The van der Waals surface area contributed by atoms with Crippen molar-refractivity contribution in [1.82, 2.24) is 9.97 Å². The van der Waals surface area contributed by atoms with Crippen LogP contribution in [-0.4, -0.2) is 36.3 Å². The number of aromatic amines is 1. The molecular weight excluding hydrogens is 450 g/mol. The Hall–Kier alpha value is -3.31. The van der Waals surface area contributed by atoms with Gasteiger partial charge in [0.1, 0.15) is 11.9 Å². The third-order valence-electron chi connectivity index (χ3n) is 4.25. The highest BCUT2D eigenvalue weighted by molar-refractivity contribution is 9.10. The van der Waals surface area contributed by atoms with Crippen LogP contribution >= 0.6 is 15.9 Å². The van der Waals surface area contributed by atoms with Gasteiger partial charge in [-0.3, -0.25) is 0 Å². The van der Waals surface area contributed by atoms with Gasteiger partial charge in [0.2, 0.25) is 0 Å². The molecule has 0 saturated heterocycles. The van der Waals surface area contributed by atoms with E-state index in [9.17, 15) is 10.1 Å². The molecule has 0 spiro atoms. The fourth-order valence-electron chi connectivity index (χ4n) is 2.83. The summed E-state index contributed by atoms with van der Waals surface area (Å²) in [5, 5.41) is 9.69. The number of imidazole rings is 1. The first-order valence-corrected chi connectivity index (χ1v) is 9.99. The molecule has 0 amide bonds. The first kappa shape index (κ1) is 21.4. The Morgan fingerprint density at radius 3 is 2.80 bits per heavy atom. The molecule has 0 saturated carbocycles. The van der Waals surface area contributed by atoms with E-state index in [1.807, 2.05) is 25.1 Å². The Kier molecular flexibility index (Phi) is 6.75. The molecule has 30 heavy (non-hydrogen) atoms. The van der Waals surface area contributed by atoms with E-state index in [4.69, 9.17) is 14.2 Å². The molecule has 0 atom stereocenters. The Bertz CT molecular complexity index is 1160. The molecule has 0 aliphatic rings. The van der Waals surface area contributed by atoms with Crippen molar-refractivity contribution in [3.05, 3.63) is 51.8 Å². The number of H-pyrrole nitrogens is 1. The molecule has 0 fully saturated rings. The van der Waals surface area contributed by atoms with Crippen molar-refractivity contribution in [3.63, 3.8) is 0 Å². The fraction of sp³-hybridized carbons (Fsp3) is 0.227. The van der Waals surface area contributed by atoms with E-state index in [2.05, 4.69) is 32.0 Å². The predicted molar refractivity (Wildman–Crippen MR) is 117 cm³/mol. The Balaban J connectivity index is 1.93. The molecule has 1 N–H and O–H groups in total. The number of carbonyl (C=O) groups is 1. The van der Waals surface area contributed by atoms with Crippen LogP contribution < -0.4 is 9.47 Å². The lowest BCUT2D eigenvalue weighted by Crippen LogP contribution is -2.15. The highest BCUT2D eigenvalue weighted by Gasteiger charge is 2.14. The molecule has 0 bridgehead atoms. The van der Waals surface area contributed by atoms with E-state index in [1.54, 1.807) is 25.1 Å². The molecule has 1 heterocycles. The molecule has 154 valence electrons. The van der Waals surface area contributed by atoms with Gasteiger partial charge in [-0.15, -0.1) is 0 Å². The summed E-state index contributed by atoms with van der Waals surface area (Å²) in [6, 6.07) is 11.5. The zero-order valence-corrected chi connectivity index (χ0v) is 18.4. The number of hydrogen-bond acceptors (Lipinski definition) is 6. The van der Waals surface area contributed by atoms with Crippen LogP contribution in [0.4, 0.5) is 0 Å². The molecule has 0 radical (unpaired) electrons. The van der Waals surface area contributed by atoms with E-state index in [0.717, 1.165) is 16.6 Å². The van der Waals surface area contributed by atoms with Crippen molar-refractivity contribution < 1.29 is 19.0 Å². The Morgan fingerprint density at radius 2 is 2.10 bits per heavy atom. The third kappa shape index (κ3) is 4.81.